The zero-order valence-corrected chi connectivity index (χ0v) is 16.0. The molecule has 0 saturated carbocycles. The second kappa shape index (κ2) is 7.82. The minimum atomic E-state index is -0.412. The number of benzene rings is 2. The maximum atomic E-state index is 11.3. The van der Waals surface area contributed by atoms with Crippen molar-refractivity contribution in [3.05, 3.63) is 72.4 Å². The molecule has 5 heteroatoms. The van der Waals surface area contributed by atoms with Crippen molar-refractivity contribution < 1.29 is 4.79 Å². The third-order valence-electron chi connectivity index (χ3n) is 5.27. The van der Waals surface area contributed by atoms with Crippen molar-refractivity contribution in [2.45, 2.75) is 0 Å². The molecule has 0 bridgehead atoms. The molecule has 0 aliphatic carbocycles. The van der Waals surface area contributed by atoms with Gasteiger partial charge in [0.05, 0.1) is 5.69 Å². The van der Waals surface area contributed by atoms with E-state index < -0.39 is 5.91 Å². The van der Waals surface area contributed by atoms with Gasteiger partial charge in [-0.15, -0.1) is 0 Å². The summed E-state index contributed by atoms with van der Waals surface area (Å²) in [5, 5.41) is 0. The molecule has 2 aromatic carbocycles. The first-order valence-electron chi connectivity index (χ1n) is 9.50. The molecule has 1 aliphatic heterocycles. The van der Waals surface area contributed by atoms with Gasteiger partial charge < -0.3 is 15.5 Å². The number of piperazine rings is 1. The Hall–Kier alpha value is -3.18. The van der Waals surface area contributed by atoms with Crippen LogP contribution in [0.15, 0.2) is 66.9 Å². The number of likely N-dealkylation sites (N-methyl/N-ethyl adjacent to an activating group) is 1. The lowest BCUT2D eigenvalue weighted by Crippen LogP contribution is -2.44. The van der Waals surface area contributed by atoms with Crippen LogP contribution in [-0.4, -0.2) is 49.0 Å². The Morgan fingerprint density at radius 2 is 1.61 bits per heavy atom. The predicted octanol–water partition coefficient (Wildman–Crippen LogP) is 3.27. The highest BCUT2D eigenvalue weighted by molar-refractivity contribution is 5.93. The maximum Gasteiger partial charge on any atom is 0.248 e. The van der Waals surface area contributed by atoms with Crippen molar-refractivity contribution in [3.63, 3.8) is 0 Å². The lowest BCUT2D eigenvalue weighted by Gasteiger charge is -2.34. The second-order valence-corrected chi connectivity index (χ2v) is 7.21. The van der Waals surface area contributed by atoms with Gasteiger partial charge in [0.1, 0.15) is 0 Å². The fraction of sp³-hybridized carbons (Fsp3) is 0.217. The van der Waals surface area contributed by atoms with Crippen molar-refractivity contribution >= 4 is 11.6 Å². The topological polar surface area (TPSA) is 62.5 Å². The SMILES string of the molecule is CN1CCN(c2ccnc(-c3cccc(-c4ccc(C(N)=O)cc4)c3)c2)CC1. The molecule has 1 aromatic heterocycles. The van der Waals surface area contributed by atoms with Gasteiger partial charge in [-0.2, -0.15) is 0 Å². The number of nitrogens with two attached hydrogens (primary N) is 1. The molecule has 0 radical (unpaired) electrons. The molecule has 1 saturated heterocycles. The van der Waals surface area contributed by atoms with E-state index in [2.05, 4.69) is 52.2 Å². The van der Waals surface area contributed by atoms with Crippen LogP contribution in [0.4, 0.5) is 5.69 Å². The zero-order valence-electron chi connectivity index (χ0n) is 16.0. The number of primary amides is 1. The van der Waals surface area contributed by atoms with Crippen molar-refractivity contribution in [1.29, 1.82) is 0 Å². The standard InChI is InChI=1S/C23H24N4O/c1-26-11-13-27(14-12-26)21-9-10-25-22(16-21)20-4-2-3-19(15-20)17-5-7-18(8-6-17)23(24)28/h2-10,15-16H,11-14H2,1H3,(H2,24,28). The van der Waals surface area contributed by atoms with E-state index in [1.165, 1.54) is 5.69 Å². The van der Waals surface area contributed by atoms with Crippen LogP contribution in [0.1, 0.15) is 10.4 Å². The molecule has 1 aliphatic rings. The first-order valence-corrected chi connectivity index (χ1v) is 9.50. The number of aromatic nitrogens is 1. The van der Waals surface area contributed by atoms with Gasteiger partial charge >= 0.3 is 0 Å². The number of hydrogen-bond donors (Lipinski definition) is 1. The van der Waals surface area contributed by atoms with Crippen LogP contribution < -0.4 is 10.6 Å². The molecular weight excluding hydrogens is 348 g/mol. The first kappa shape index (κ1) is 18.2. The second-order valence-electron chi connectivity index (χ2n) is 7.21. The Kier molecular flexibility index (Phi) is 5.08. The Labute approximate surface area is 165 Å². The number of anilines is 1. The van der Waals surface area contributed by atoms with E-state index in [1.54, 1.807) is 12.1 Å². The molecule has 3 aromatic rings. The van der Waals surface area contributed by atoms with Crippen molar-refractivity contribution in [1.82, 2.24) is 9.88 Å². The number of nitrogens with zero attached hydrogens (tertiary/aromatic N) is 3. The summed E-state index contributed by atoms with van der Waals surface area (Å²) in [6.07, 6.45) is 1.89. The van der Waals surface area contributed by atoms with Crippen LogP contribution in [-0.2, 0) is 0 Å². The van der Waals surface area contributed by atoms with E-state index in [-0.39, 0.29) is 0 Å². The van der Waals surface area contributed by atoms with Gasteiger partial charge in [-0.3, -0.25) is 9.78 Å². The van der Waals surface area contributed by atoms with Gasteiger partial charge in [0.2, 0.25) is 5.91 Å². The molecule has 2 heterocycles. The Morgan fingerprint density at radius 1 is 0.893 bits per heavy atom. The highest BCUT2D eigenvalue weighted by Crippen LogP contribution is 2.28. The molecule has 142 valence electrons. The fourth-order valence-electron chi connectivity index (χ4n) is 3.52. The summed E-state index contributed by atoms with van der Waals surface area (Å²) in [7, 11) is 2.16. The minimum Gasteiger partial charge on any atom is -0.369 e. The van der Waals surface area contributed by atoms with E-state index in [1.807, 2.05) is 24.4 Å². The largest absolute Gasteiger partial charge is 0.369 e. The lowest BCUT2D eigenvalue weighted by atomic mass is 10.00. The Morgan fingerprint density at radius 3 is 2.32 bits per heavy atom. The first-order chi connectivity index (χ1) is 13.6. The molecule has 28 heavy (non-hydrogen) atoms. The van der Waals surface area contributed by atoms with Crippen molar-refractivity contribution in [3.8, 4) is 22.4 Å². The monoisotopic (exact) mass is 372 g/mol. The van der Waals surface area contributed by atoms with E-state index in [0.29, 0.717) is 5.56 Å². The number of amides is 1. The van der Waals surface area contributed by atoms with Gasteiger partial charge in [0.15, 0.2) is 0 Å². The predicted molar refractivity (Wildman–Crippen MR) is 113 cm³/mol. The highest BCUT2D eigenvalue weighted by atomic mass is 16.1. The Bertz CT molecular complexity index is 976. The van der Waals surface area contributed by atoms with Crippen LogP contribution >= 0.6 is 0 Å². The number of hydrogen-bond acceptors (Lipinski definition) is 4. The van der Waals surface area contributed by atoms with Crippen molar-refractivity contribution in [2.24, 2.45) is 5.73 Å². The van der Waals surface area contributed by atoms with E-state index in [0.717, 1.165) is 48.6 Å². The van der Waals surface area contributed by atoms with Gasteiger partial charge in [0, 0.05) is 49.2 Å². The fourth-order valence-corrected chi connectivity index (χ4v) is 3.52. The van der Waals surface area contributed by atoms with E-state index >= 15 is 0 Å². The molecule has 2 N–H and O–H groups in total. The maximum absolute atomic E-state index is 11.3. The van der Waals surface area contributed by atoms with Crippen LogP contribution in [0.5, 0.6) is 0 Å². The van der Waals surface area contributed by atoms with Gasteiger partial charge in [-0.05, 0) is 48.5 Å². The van der Waals surface area contributed by atoms with Gasteiger partial charge in [-0.1, -0.05) is 30.3 Å². The van der Waals surface area contributed by atoms with Crippen LogP contribution in [0.2, 0.25) is 0 Å². The minimum absolute atomic E-state index is 0.412. The smallest absolute Gasteiger partial charge is 0.248 e. The summed E-state index contributed by atoms with van der Waals surface area (Å²) in [6.45, 7) is 4.22. The van der Waals surface area contributed by atoms with Crippen molar-refractivity contribution in [2.75, 3.05) is 38.1 Å². The normalized spacial score (nSPS) is 14.8. The summed E-state index contributed by atoms with van der Waals surface area (Å²) < 4.78 is 0. The average Bonchev–Trinajstić information content (AvgIpc) is 2.74. The molecular formula is C23H24N4O. The Balaban J connectivity index is 1.61. The number of carbonyl (C=O) groups is 1. The molecule has 0 unspecified atom stereocenters. The van der Waals surface area contributed by atoms with Gasteiger partial charge in [-0.25, -0.2) is 0 Å². The molecule has 0 spiro atoms. The van der Waals surface area contributed by atoms with Gasteiger partial charge in [0.25, 0.3) is 0 Å². The summed E-state index contributed by atoms with van der Waals surface area (Å²) in [5.41, 5.74) is 11.2. The lowest BCUT2D eigenvalue weighted by molar-refractivity contribution is 0.100. The summed E-state index contributed by atoms with van der Waals surface area (Å²) in [4.78, 5) is 20.6. The highest BCUT2D eigenvalue weighted by Gasteiger charge is 2.15. The molecule has 5 nitrogen and oxygen atoms in total. The molecule has 0 atom stereocenters. The van der Waals surface area contributed by atoms with E-state index in [4.69, 9.17) is 5.73 Å². The molecule has 1 amide bonds. The van der Waals surface area contributed by atoms with Crippen LogP contribution in [0.3, 0.4) is 0 Å². The molecule has 1 fully saturated rings. The van der Waals surface area contributed by atoms with Crippen LogP contribution in [0, 0.1) is 0 Å². The number of pyridine rings is 1. The number of rotatable bonds is 4. The molecule has 4 rings (SSSR count). The third kappa shape index (κ3) is 3.89. The third-order valence-corrected chi connectivity index (χ3v) is 5.27. The van der Waals surface area contributed by atoms with E-state index in [9.17, 15) is 4.79 Å². The quantitative estimate of drug-likeness (QED) is 0.764. The number of carbonyl (C=O) groups excluding carboxylic acids is 1. The summed E-state index contributed by atoms with van der Waals surface area (Å²) in [6, 6.07) is 19.9. The van der Waals surface area contributed by atoms with Crippen LogP contribution in [0.25, 0.3) is 22.4 Å². The zero-order chi connectivity index (χ0) is 19.5. The summed E-state index contributed by atoms with van der Waals surface area (Å²) in [5.74, 6) is -0.412. The average molecular weight is 372 g/mol. The summed E-state index contributed by atoms with van der Waals surface area (Å²) >= 11 is 0.